The molecule has 1 heterocycles. The van der Waals surface area contributed by atoms with Gasteiger partial charge in [0.2, 0.25) is 5.91 Å². The van der Waals surface area contributed by atoms with Gasteiger partial charge < -0.3 is 20.2 Å². The molecule has 2 rings (SSSR count). The largest absolute Gasteiger partial charge is 0.396 e. The highest BCUT2D eigenvalue weighted by atomic mass is 16.3. The highest BCUT2D eigenvalue weighted by molar-refractivity contribution is 5.95. The fraction of sp³-hybridized carbons (Fsp3) is 0.429. The van der Waals surface area contributed by atoms with Gasteiger partial charge in [0.25, 0.3) is 5.91 Å². The Bertz CT molecular complexity index is 656. The second-order valence-electron chi connectivity index (χ2n) is 6.73. The maximum atomic E-state index is 12.7. The summed E-state index contributed by atoms with van der Waals surface area (Å²) in [5.41, 5.74) is 1.33. The van der Waals surface area contributed by atoms with Crippen LogP contribution in [0.15, 0.2) is 49.6 Å². The van der Waals surface area contributed by atoms with Crippen LogP contribution in [0, 0.1) is 5.92 Å². The molecule has 1 aromatic rings. The Morgan fingerprint density at radius 2 is 1.89 bits per heavy atom. The molecule has 0 radical (unpaired) electrons. The van der Waals surface area contributed by atoms with Gasteiger partial charge in [-0.2, -0.15) is 0 Å². The van der Waals surface area contributed by atoms with Gasteiger partial charge in [-0.1, -0.05) is 18.2 Å². The summed E-state index contributed by atoms with van der Waals surface area (Å²) in [4.78, 5) is 28.5. The third-order valence-corrected chi connectivity index (χ3v) is 4.76. The number of anilines is 1. The molecule has 1 aliphatic heterocycles. The second-order valence-corrected chi connectivity index (χ2v) is 6.73. The SMILES string of the molecule is C=CCN(CC=C)C(=O)CNc1cccc(C(=O)N2CCC(CO)CC2)c1. The number of hydrogen-bond donors (Lipinski definition) is 2. The van der Waals surface area contributed by atoms with Gasteiger partial charge in [0.15, 0.2) is 0 Å². The van der Waals surface area contributed by atoms with Crippen molar-refractivity contribution in [2.75, 3.05) is 44.6 Å². The van der Waals surface area contributed by atoms with Crippen LogP contribution in [0.5, 0.6) is 0 Å². The molecule has 1 fully saturated rings. The normalized spacial score (nSPS) is 14.5. The molecule has 2 N–H and O–H groups in total. The van der Waals surface area contributed by atoms with E-state index in [0.29, 0.717) is 37.7 Å². The molecule has 1 saturated heterocycles. The van der Waals surface area contributed by atoms with E-state index in [2.05, 4.69) is 18.5 Å². The summed E-state index contributed by atoms with van der Waals surface area (Å²) in [6.07, 6.45) is 5.02. The Morgan fingerprint density at radius 3 is 2.48 bits per heavy atom. The first-order chi connectivity index (χ1) is 13.1. The predicted molar refractivity (Wildman–Crippen MR) is 108 cm³/mol. The Morgan fingerprint density at radius 1 is 1.22 bits per heavy atom. The Balaban J connectivity index is 1.94. The molecule has 0 atom stereocenters. The van der Waals surface area contributed by atoms with E-state index >= 15 is 0 Å². The minimum atomic E-state index is -0.0578. The molecular formula is C21H29N3O3. The first-order valence-electron chi connectivity index (χ1n) is 9.32. The Labute approximate surface area is 161 Å². The Hall–Kier alpha value is -2.60. The number of nitrogens with zero attached hydrogens (tertiary/aromatic N) is 2. The lowest BCUT2D eigenvalue weighted by Crippen LogP contribution is -2.39. The van der Waals surface area contributed by atoms with Gasteiger partial charge in [-0.3, -0.25) is 9.59 Å². The first kappa shape index (κ1) is 20.7. The van der Waals surface area contributed by atoms with Gasteiger partial charge >= 0.3 is 0 Å². The lowest BCUT2D eigenvalue weighted by molar-refractivity contribution is -0.128. The van der Waals surface area contributed by atoms with E-state index in [1.165, 1.54) is 0 Å². The molecule has 0 saturated carbocycles. The highest BCUT2D eigenvalue weighted by Gasteiger charge is 2.23. The standard InChI is InChI=1S/C21H29N3O3/c1-3-10-23(11-4-2)20(26)15-22-19-7-5-6-18(14-19)21(27)24-12-8-17(16-25)9-13-24/h3-7,14,17,22,25H,1-2,8-13,15-16H2. The molecule has 27 heavy (non-hydrogen) atoms. The number of piperidine rings is 1. The zero-order valence-corrected chi connectivity index (χ0v) is 15.8. The lowest BCUT2D eigenvalue weighted by Gasteiger charge is -2.31. The minimum absolute atomic E-state index is 0.0127. The Kier molecular flexibility index (Phi) is 8.07. The van der Waals surface area contributed by atoms with Gasteiger partial charge in [-0.05, 0) is 37.0 Å². The number of aliphatic hydroxyl groups excluding tert-OH is 1. The van der Waals surface area contributed by atoms with Crippen LogP contribution in [0.25, 0.3) is 0 Å². The third-order valence-electron chi connectivity index (χ3n) is 4.76. The number of hydrogen-bond acceptors (Lipinski definition) is 4. The van der Waals surface area contributed by atoms with Crippen LogP contribution >= 0.6 is 0 Å². The van der Waals surface area contributed by atoms with E-state index in [1.807, 2.05) is 17.0 Å². The van der Waals surface area contributed by atoms with Crippen molar-refractivity contribution < 1.29 is 14.7 Å². The quantitative estimate of drug-likeness (QED) is 0.653. The number of carbonyl (C=O) groups is 2. The summed E-state index contributed by atoms with van der Waals surface area (Å²) in [6.45, 7) is 9.92. The summed E-state index contributed by atoms with van der Waals surface area (Å²) in [5.74, 6) is 0.223. The molecule has 1 aromatic carbocycles. The predicted octanol–water partition coefficient (Wildman–Crippen LogP) is 2.14. The third kappa shape index (κ3) is 5.96. The van der Waals surface area contributed by atoms with Crippen molar-refractivity contribution in [3.8, 4) is 0 Å². The van der Waals surface area contributed by atoms with Crippen LogP contribution < -0.4 is 5.32 Å². The molecule has 6 nitrogen and oxygen atoms in total. The van der Waals surface area contributed by atoms with E-state index in [1.54, 1.807) is 29.2 Å². The van der Waals surface area contributed by atoms with Gasteiger partial charge in [0.1, 0.15) is 0 Å². The molecule has 6 heteroatoms. The van der Waals surface area contributed by atoms with Crippen molar-refractivity contribution in [1.29, 1.82) is 0 Å². The summed E-state index contributed by atoms with van der Waals surface area (Å²) >= 11 is 0. The van der Waals surface area contributed by atoms with Gasteiger partial charge in [0.05, 0.1) is 6.54 Å². The van der Waals surface area contributed by atoms with Gasteiger partial charge in [-0.15, -0.1) is 13.2 Å². The van der Waals surface area contributed by atoms with Gasteiger partial charge in [0, 0.05) is 44.0 Å². The number of carbonyl (C=O) groups excluding carboxylic acids is 2. The molecule has 0 aliphatic carbocycles. The molecular weight excluding hydrogens is 342 g/mol. The van der Waals surface area contributed by atoms with Crippen molar-refractivity contribution in [3.63, 3.8) is 0 Å². The number of amides is 2. The van der Waals surface area contributed by atoms with Crippen molar-refractivity contribution >= 4 is 17.5 Å². The van der Waals surface area contributed by atoms with Crippen LogP contribution in [0.2, 0.25) is 0 Å². The topological polar surface area (TPSA) is 72.9 Å². The summed E-state index contributed by atoms with van der Waals surface area (Å²) in [5, 5.41) is 12.3. The van der Waals surface area contributed by atoms with Gasteiger partial charge in [-0.25, -0.2) is 0 Å². The van der Waals surface area contributed by atoms with E-state index in [0.717, 1.165) is 18.5 Å². The van der Waals surface area contributed by atoms with E-state index in [9.17, 15) is 14.7 Å². The number of likely N-dealkylation sites (tertiary alicyclic amines) is 1. The molecule has 2 amide bonds. The average Bonchev–Trinajstić information content (AvgIpc) is 2.71. The number of nitrogens with one attached hydrogen (secondary N) is 1. The number of rotatable bonds is 9. The maximum absolute atomic E-state index is 12.7. The fourth-order valence-corrected chi connectivity index (χ4v) is 3.14. The van der Waals surface area contributed by atoms with Crippen molar-refractivity contribution in [2.45, 2.75) is 12.8 Å². The zero-order valence-electron chi connectivity index (χ0n) is 15.8. The van der Waals surface area contributed by atoms with E-state index < -0.39 is 0 Å². The van der Waals surface area contributed by atoms with Crippen LogP contribution in [-0.2, 0) is 4.79 Å². The smallest absolute Gasteiger partial charge is 0.253 e. The molecule has 0 bridgehead atoms. The first-order valence-corrected chi connectivity index (χ1v) is 9.32. The van der Waals surface area contributed by atoms with Crippen LogP contribution in [0.3, 0.4) is 0 Å². The minimum Gasteiger partial charge on any atom is -0.396 e. The molecule has 1 aliphatic rings. The average molecular weight is 371 g/mol. The summed E-state index contributed by atoms with van der Waals surface area (Å²) in [7, 11) is 0. The molecule has 0 aromatic heterocycles. The number of benzene rings is 1. The van der Waals surface area contributed by atoms with Crippen LogP contribution in [0.4, 0.5) is 5.69 Å². The number of aliphatic hydroxyl groups is 1. The zero-order chi connectivity index (χ0) is 19.6. The van der Waals surface area contributed by atoms with Crippen LogP contribution in [0.1, 0.15) is 23.2 Å². The maximum Gasteiger partial charge on any atom is 0.253 e. The summed E-state index contributed by atoms with van der Waals surface area (Å²) in [6, 6.07) is 7.22. The molecule has 0 spiro atoms. The monoisotopic (exact) mass is 371 g/mol. The highest BCUT2D eigenvalue weighted by Crippen LogP contribution is 2.19. The van der Waals surface area contributed by atoms with Crippen molar-refractivity contribution in [1.82, 2.24) is 9.80 Å². The van der Waals surface area contributed by atoms with E-state index in [4.69, 9.17) is 0 Å². The van der Waals surface area contributed by atoms with Crippen molar-refractivity contribution in [3.05, 3.63) is 55.1 Å². The van der Waals surface area contributed by atoms with Crippen LogP contribution in [-0.4, -0.2) is 66.1 Å². The fourth-order valence-electron chi connectivity index (χ4n) is 3.14. The second kappa shape index (κ2) is 10.5. The van der Waals surface area contributed by atoms with E-state index in [-0.39, 0.29) is 25.0 Å². The molecule has 146 valence electrons. The van der Waals surface area contributed by atoms with Crippen molar-refractivity contribution in [2.24, 2.45) is 5.92 Å². The summed E-state index contributed by atoms with van der Waals surface area (Å²) < 4.78 is 0. The lowest BCUT2D eigenvalue weighted by atomic mass is 9.97. The molecule has 0 unspecified atom stereocenters.